The molecule has 202 valence electrons. The van der Waals surface area contributed by atoms with Gasteiger partial charge in [-0.2, -0.15) is 0 Å². The molecule has 0 spiro atoms. The van der Waals surface area contributed by atoms with Gasteiger partial charge >= 0.3 is 5.97 Å². The summed E-state index contributed by atoms with van der Waals surface area (Å²) >= 11 is 0. The third-order valence-corrected chi connectivity index (χ3v) is 7.42. The van der Waals surface area contributed by atoms with Crippen LogP contribution in [0.5, 0.6) is 5.75 Å². The van der Waals surface area contributed by atoms with Crippen molar-refractivity contribution < 1.29 is 28.2 Å². The summed E-state index contributed by atoms with van der Waals surface area (Å²) in [6, 6.07) is 26.3. The summed E-state index contributed by atoms with van der Waals surface area (Å²) < 4.78 is 42.7. The topological polar surface area (TPSA) is 60.7 Å². The van der Waals surface area contributed by atoms with Gasteiger partial charge in [-0.15, -0.1) is 0 Å². The molecule has 6 rings (SSSR count). The van der Waals surface area contributed by atoms with Crippen LogP contribution in [0.25, 0.3) is 27.7 Å². The Bertz CT molecular complexity index is 1670. The zero-order chi connectivity index (χ0) is 27.6. The predicted octanol–water partition coefficient (Wildman–Crippen LogP) is 7.75. The molecule has 1 saturated heterocycles. The molecule has 5 nitrogen and oxygen atoms in total. The van der Waals surface area contributed by atoms with Crippen molar-refractivity contribution in [3.8, 4) is 22.6 Å². The summed E-state index contributed by atoms with van der Waals surface area (Å²) in [6.45, 7) is 1.51. The number of aromatic carboxylic acids is 1. The summed E-state index contributed by atoms with van der Waals surface area (Å²) in [5.41, 5.74) is 5.11. The second kappa shape index (κ2) is 10.9. The van der Waals surface area contributed by atoms with E-state index in [0.717, 1.165) is 52.2 Å². The summed E-state index contributed by atoms with van der Waals surface area (Å²) in [7, 11) is 0. The van der Waals surface area contributed by atoms with E-state index >= 15 is 0 Å². The van der Waals surface area contributed by atoms with Gasteiger partial charge in [-0.3, -0.25) is 0 Å². The fourth-order valence-electron chi connectivity index (χ4n) is 5.51. The number of benzene rings is 4. The van der Waals surface area contributed by atoms with Gasteiger partial charge < -0.3 is 19.1 Å². The molecule has 0 saturated carbocycles. The molecular weight excluding hydrogens is 512 g/mol. The van der Waals surface area contributed by atoms with Crippen LogP contribution >= 0.6 is 0 Å². The Morgan fingerprint density at radius 1 is 0.900 bits per heavy atom. The van der Waals surface area contributed by atoms with Gasteiger partial charge in [0.25, 0.3) is 0 Å². The van der Waals surface area contributed by atoms with E-state index in [9.17, 15) is 18.7 Å². The lowest BCUT2D eigenvalue weighted by atomic mass is 9.89. The average molecular weight is 540 g/mol. The van der Waals surface area contributed by atoms with E-state index in [1.54, 1.807) is 30.3 Å². The van der Waals surface area contributed by atoms with Crippen LogP contribution in [0.1, 0.15) is 40.4 Å². The number of hydrogen-bond acceptors (Lipinski definition) is 3. The lowest BCUT2D eigenvalue weighted by Crippen LogP contribution is -2.17. The molecule has 1 aromatic heterocycles. The molecule has 0 amide bonds. The first-order valence-corrected chi connectivity index (χ1v) is 13.2. The molecule has 0 unspecified atom stereocenters. The van der Waals surface area contributed by atoms with Crippen LogP contribution in [0.2, 0.25) is 0 Å². The molecule has 5 aromatic rings. The minimum atomic E-state index is -1.01. The lowest BCUT2D eigenvalue weighted by molar-refractivity contribution is 0.0697. The number of carboxylic acids is 1. The highest BCUT2D eigenvalue weighted by Crippen LogP contribution is 2.47. The van der Waals surface area contributed by atoms with Crippen molar-refractivity contribution in [3.63, 3.8) is 0 Å². The molecule has 0 radical (unpaired) electrons. The van der Waals surface area contributed by atoms with E-state index in [-0.39, 0.29) is 11.5 Å². The number of nitrogens with zero attached hydrogens (tertiary/aromatic N) is 1. The van der Waals surface area contributed by atoms with Gasteiger partial charge in [0.2, 0.25) is 0 Å². The van der Waals surface area contributed by atoms with Crippen LogP contribution in [-0.4, -0.2) is 28.9 Å². The highest BCUT2D eigenvalue weighted by atomic mass is 19.2. The number of halogens is 2. The molecule has 1 fully saturated rings. The van der Waals surface area contributed by atoms with Crippen LogP contribution in [0, 0.1) is 11.6 Å². The minimum absolute atomic E-state index is 0.0605. The number of aromatic nitrogens is 1. The molecule has 40 heavy (non-hydrogen) atoms. The Kier molecular flexibility index (Phi) is 7.05. The summed E-state index contributed by atoms with van der Waals surface area (Å²) in [5, 5.41) is 10.3. The largest absolute Gasteiger partial charge is 0.488 e. The maximum absolute atomic E-state index is 14.6. The standard InChI is InChI=1S/C33H27F2NO4/c34-26-14-13-25(19-27(26)35)36-28-7-4-8-29(40-20-21-5-2-1-3-6-21)31(28)30(32(36)23-15-17-39-18-16-23)22-9-11-24(12-10-22)33(37)38/h1-14,19,23H,15-18,20H2,(H,37,38). The SMILES string of the molecule is O=C(O)c1ccc(-c2c(C3CCOCC3)n(-c3ccc(F)c(F)c3)c3cccc(OCc4ccccc4)c23)cc1. The lowest BCUT2D eigenvalue weighted by Gasteiger charge is -2.26. The third kappa shape index (κ3) is 4.84. The smallest absolute Gasteiger partial charge is 0.335 e. The van der Waals surface area contributed by atoms with Crippen molar-refractivity contribution in [1.29, 1.82) is 0 Å². The van der Waals surface area contributed by atoms with Gasteiger partial charge in [0.1, 0.15) is 12.4 Å². The Balaban J connectivity index is 1.64. The second-order valence-electron chi connectivity index (χ2n) is 9.89. The fourth-order valence-corrected chi connectivity index (χ4v) is 5.51. The molecule has 1 N–H and O–H groups in total. The maximum atomic E-state index is 14.6. The quantitative estimate of drug-likeness (QED) is 0.230. The average Bonchev–Trinajstić information content (AvgIpc) is 3.34. The molecule has 0 aliphatic carbocycles. The monoisotopic (exact) mass is 539 g/mol. The Labute approximate surface area is 230 Å². The molecule has 1 aliphatic rings. The van der Waals surface area contributed by atoms with E-state index < -0.39 is 17.6 Å². The van der Waals surface area contributed by atoms with Crippen molar-refractivity contribution in [2.75, 3.05) is 13.2 Å². The summed E-state index contributed by atoms with van der Waals surface area (Å²) in [6.07, 6.45) is 1.50. The van der Waals surface area contributed by atoms with Gasteiger partial charge in [-0.25, -0.2) is 13.6 Å². The van der Waals surface area contributed by atoms with Gasteiger partial charge in [0.05, 0.1) is 16.5 Å². The van der Waals surface area contributed by atoms with Gasteiger partial charge in [0, 0.05) is 42.1 Å². The Hall–Kier alpha value is -4.49. The van der Waals surface area contributed by atoms with Gasteiger partial charge in [0.15, 0.2) is 11.6 Å². The van der Waals surface area contributed by atoms with E-state index in [1.165, 1.54) is 6.07 Å². The van der Waals surface area contributed by atoms with Crippen molar-refractivity contribution in [3.05, 3.63) is 119 Å². The number of fused-ring (bicyclic) bond motifs is 1. The number of rotatable bonds is 7. The number of hydrogen-bond donors (Lipinski definition) is 1. The van der Waals surface area contributed by atoms with Crippen molar-refractivity contribution in [2.24, 2.45) is 0 Å². The zero-order valence-electron chi connectivity index (χ0n) is 21.6. The first-order valence-electron chi connectivity index (χ1n) is 13.2. The van der Waals surface area contributed by atoms with E-state index in [0.29, 0.717) is 31.3 Å². The number of carbonyl (C=O) groups is 1. The minimum Gasteiger partial charge on any atom is -0.488 e. The van der Waals surface area contributed by atoms with Crippen LogP contribution in [-0.2, 0) is 11.3 Å². The van der Waals surface area contributed by atoms with E-state index in [2.05, 4.69) is 0 Å². The zero-order valence-corrected chi connectivity index (χ0v) is 21.6. The van der Waals surface area contributed by atoms with Crippen molar-refractivity contribution in [1.82, 2.24) is 4.57 Å². The van der Waals surface area contributed by atoms with Crippen LogP contribution in [0.3, 0.4) is 0 Å². The Morgan fingerprint density at radius 3 is 2.35 bits per heavy atom. The molecule has 1 aliphatic heterocycles. The normalized spacial score (nSPS) is 13.9. The fraction of sp³-hybridized carbons (Fsp3) is 0.182. The third-order valence-electron chi connectivity index (χ3n) is 7.42. The molecule has 0 atom stereocenters. The molecule has 7 heteroatoms. The van der Waals surface area contributed by atoms with E-state index in [4.69, 9.17) is 9.47 Å². The highest BCUT2D eigenvalue weighted by molar-refractivity contribution is 6.04. The molecule has 4 aromatic carbocycles. The van der Waals surface area contributed by atoms with Crippen molar-refractivity contribution >= 4 is 16.9 Å². The van der Waals surface area contributed by atoms with Crippen LogP contribution in [0.15, 0.2) is 91.0 Å². The highest BCUT2D eigenvalue weighted by Gasteiger charge is 2.29. The first-order chi connectivity index (χ1) is 19.5. The van der Waals surface area contributed by atoms with Crippen molar-refractivity contribution in [2.45, 2.75) is 25.4 Å². The summed E-state index contributed by atoms with van der Waals surface area (Å²) in [5.74, 6) is -2.14. The maximum Gasteiger partial charge on any atom is 0.335 e. The molecular formula is C33H27F2NO4. The molecule has 2 heterocycles. The van der Waals surface area contributed by atoms with E-state index in [1.807, 2.05) is 53.1 Å². The number of ether oxygens (including phenoxy) is 2. The number of carboxylic acid groups (broad SMARTS) is 1. The molecule has 0 bridgehead atoms. The van der Waals surface area contributed by atoms with Gasteiger partial charge in [-0.1, -0.05) is 48.5 Å². The first kappa shape index (κ1) is 25.8. The summed E-state index contributed by atoms with van der Waals surface area (Å²) in [4.78, 5) is 11.6. The Morgan fingerprint density at radius 2 is 1.65 bits per heavy atom. The predicted molar refractivity (Wildman–Crippen MR) is 149 cm³/mol. The second-order valence-corrected chi connectivity index (χ2v) is 9.89. The van der Waals surface area contributed by atoms with Gasteiger partial charge in [-0.05, 0) is 60.4 Å². The van der Waals surface area contributed by atoms with Crippen LogP contribution in [0.4, 0.5) is 8.78 Å². The van der Waals surface area contributed by atoms with Crippen LogP contribution < -0.4 is 4.74 Å².